The number of carbonyl (C=O) groups is 1. The van der Waals surface area contributed by atoms with Crippen LogP contribution in [0, 0.1) is 17.8 Å². The fourth-order valence-electron chi connectivity index (χ4n) is 5.96. The van der Waals surface area contributed by atoms with Crippen molar-refractivity contribution in [2.24, 2.45) is 11.3 Å². The molecule has 205 valence electrons. The van der Waals surface area contributed by atoms with Gasteiger partial charge in [0.25, 0.3) is 0 Å². The molecule has 0 amide bonds. The molecule has 0 aromatic heterocycles. The Morgan fingerprint density at radius 3 is 2.84 bits per heavy atom. The van der Waals surface area contributed by atoms with Crippen LogP contribution in [-0.2, 0) is 19.0 Å². The smallest absolute Gasteiger partial charge is 0.330 e. The molecular formula is C31H45O6. The monoisotopic (exact) mass is 513 g/mol. The van der Waals surface area contributed by atoms with Gasteiger partial charge in [0.2, 0.25) is 0 Å². The summed E-state index contributed by atoms with van der Waals surface area (Å²) in [6, 6.07) is 0. The SMILES string of the molecule is C=C1C[CH]C[C@@H]2CC=C[C@@H](C/C=C\C(=O)OC([C@@H](O)/C=C/C3CCCC(C)(C)C3)C[C@@H]3O[C@H]3[C@@H](O)C1)O2. The average Bonchev–Trinajstić information content (AvgIpc) is 3.61. The summed E-state index contributed by atoms with van der Waals surface area (Å²) >= 11 is 0. The van der Waals surface area contributed by atoms with Crippen molar-refractivity contribution < 1.29 is 29.2 Å². The number of rotatable bonds is 3. The van der Waals surface area contributed by atoms with E-state index in [-0.39, 0.29) is 24.4 Å². The third kappa shape index (κ3) is 8.91. The van der Waals surface area contributed by atoms with Crippen molar-refractivity contribution in [1.82, 2.24) is 0 Å². The van der Waals surface area contributed by atoms with Gasteiger partial charge in [-0.25, -0.2) is 4.79 Å². The summed E-state index contributed by atoms with van der Waals surface area (Å²) in [4.78, 5) is 12.7. The minimum Gasteiger partial charge on any atom is -0.456 e. The fourth-order valence-corrected chi connectivity index (χ4v) is 5.96. The number of cyclic esters (lactones) is 1. The molecule has 2 N–H and O–H groups in total. The maximum Gasteiger partial charge on any atom is 0.330 e. The number of carbonyl (C=O) groups excluding carboxylic acids is 1. The van der Waals surface area contributed by atoms with Gasteiger partial charge in [-0.15, -0.1) is 0 Å². The third-order valence-corrected chi connectivity index (χ3v) is 8.04. The summed E-state index contributed by atoms with van der Waals surface area (Å²) in [5, 5.41) is 21.7. The van der Waals surface area contributed by atoms with E-state index in [0.717, 1.165) is 37.7 Å². The molecule has 3 heterocycles. The van der Waals surface area contributed by atoms with Gasteiger partial charge in [0.15, 0.2) is 0 Å². The molecule has 6 heteroatoms. The predicted octanol–water partition coefficient (Wildman–Crippen LogP) is 5.15. The topological polar surface area (TPSA) is 88.5 Å². The molecule has 1 saturated heterocycles. The Hall–Kier alpha value is -1.73. The molecule has 6 nitrogen and oxygen atoms in total. The lowest BCUT2D eigenvalue weighted by Crippen LogP contribution is -2.32. The van der Waals surface area contributed by atoms with E-state index < -0.39 is 24.3 Å². The normalized spacial score (nSPS) is 39.2. The van der Waals surface area contributed by atoms with Gasteiger partial charge in [0.05, 0.1) is 24.4 Å². The van der Waals surface area contributed by atoms with Crippen LogP contribution in [0.5, 0.6) is 0 Å². The molecule has 1 saturated carbocycles. The van der Waals surface area contributed by atoms with E-state index in [1.54, 1.807) is 12.2 Å². The van der Waals surface area contributed by atoms with Crippen LogP contribution in [0.25, 0.3) is 0 Å². The summed E-state index contributed by atoms with van der Waals surface area (Å²) in [6.45, 7) is 8.71. The molecule has 3 aliphatic heterocycles. The molecule has 1 radical (unpaired) electrons. The summed E-state index contributed by atoms with van der Waals surface area (Å²) in [5.74, 6) is -0.0803. The molecular weight excluding hydrogens is 468 g/mol. The molecule has 37 heavy (non-hydrogen) atoms. The van der Waals surface area contributed by atoms with Crippen LogP contribution in [0.4, 0.5) is 0 Å². The zero-order valence-electron chi connectivity index (χ0n) is 22.5. The van der Waals surface area contributed by atoms with Gasteiger partial charge in [-0.3, -0.25) is 0 Å². The van der Waals surface area contributed by atoms with E-state index in [4.69, 9.17) is 14.2 Å². The van der Waals surface area contributed by atoms with Crippen molar-refractivity contribution in [1.29, 1.82) is 0 Å². The van der Waals surface area contributed by atoms with Gasteiger partial charge < -0.3 is 24.4 Å². The van der Waals surface area contributed by atoms with E-state index in [1.807, 2.05) is 6.08 Å². The number of aliphatic hydroxyl groups is 2. The van der Waals surface area contributed by atoms with Gasteiger partial charge in [-0.1, -0.05) is 62.8 Å². The van der Waals surface area contributed by atoms with Gasteiger partial charge in [-0.05, 0) is 69.1 Å². The average molecular weight is 514 g/mol. The molecule has 0 aromatic rings. The second-order valence-corrected chi connectivity index (χ2v) is 12.1. The Kier molecular flexibility index (Phi) is 9.84. The van der Waals surface area contributed by atoms with E-state index in [9.17, 15) is 15.0 Å². The Morgan fingerprint density at radius 2 is 2.03 bits per heavy atom. The number of allylic oxidation sites excluding steroid dienone is 1. The first-order valence-corrected chi connectivity index (χ1v) is 14.1. The van der Waals surface area contributed by atoms with Crippen LogP contribution in [0.15, 0.2) is 48.6 Å². The molecule has 4 aliphatic rings. The quantitative estimate of drug-likeness (QED) is 0.308. The van der Waals surface area contributed by atoms with Crippen LogP contribution in [0.3, 0.4) is 0 Å². The van der Waals surface area contributed by atoms with Gasteiger partial charge >= 0.3 is 5.97 Å². The first-order chi connectivity index (χ1) is 17.7. The van der Waals surface area contributed by atoms with Crippen molar-refractivity contribution in [3.05, 3.63) is 55.0 Å². The minimum atomic E-state index is -0.940. The van der Waals surface area contributed by atoms with E-state index in [1.165, 1.54) is 18.9 Å². The number of fused-ring (bicyclic) bond motifs is 3. The standard InChI is InChI=1S/C31H45O6/c1-21-8-4-10-23-11-5-12-24(35-23)13-6-14-29(34)36-27(19-28-30(37-28)26(33)18-21)25(32)16-15-22-9-7-17-31(2,3)20-22/h4-6,12,14-16,22-28,30,32-33H,1,7-11,13,17-20H2,2-3H3/b14-6-,16-15+/t22?,23-,24+,25+,26+,27?,28+,30+/m1/s1. The van der Waals surface area contributed by atoms with Gasteiger partial charge in [0, 0.05) is 12.5 Å². The molecule has 0 spiro atoms. The number of hydrogen-bond donors (Lipinski definition) is 2. The summed E-state index contributed by atoms with van der Waals surface area (Å²) in [7, 11) is 0. The van der Waals surface area contributed by atoms with Crippen LogP contribution < -0.4 is 0 Å². The van der Waals surface area contributed by atoms with Gasteiger partial charge in [0.1, 0.15) is 18.3 Å². The number of hydrogen-bond acceptors (Lipinski definition) is 6. The van der Waals surface area contributed by atoms with Crippen LogP contribution in [0.2, 0.25) is 0 Å². The van der Waals surface area contributed by atoms with Crippen molar-refractivity contribution in [2.75, 3.05) is 0 Å². The van der Waals surface area contributed by atoms with Crippen molar-refractivity contribution in [2.45, 2.75) is 121 Å². The first-order valence-electron chi connectivity index (χ1n) is 14.1. The molecule has 4 rings (SSSR count). The molecule has 1 aliphatic carbocycles. The largest absolute Gasteiger partial charge is 0.456 e. The van der Waals surface area contributed by atoms with E-state index >= 15 is 0 Å². The highest BCUT2D eigenvalue weighted by molar-refractivity contribution is 5.82. The number of aliphatic hydroxyl groups excluding tert-OH is 2. The second-order valence-electron chi connectivity index (χ2n) is 12.1. The third-order valence-electron chi connectivity index (χ3n) is 8.04. The number of ether oxygens (including phenoxy) is 3. The summed E-state index contributed by atoms with van der Waals surface area (Å²) in [5.41, 5.74) is 1.26. The maximum atomic E-state index is 12.7. The van der Waals surface area contributed by atoms with Crippen molar-refractivity contribution >= 4 is 5.97 Å². The summed E-state index contributed by atoms with van der Waals surface area (Å²) < 4.78 is 17.6. The van der Waals surface area contributed by atoms with Crippen LogP contribution in [0.1, 0.15) is 78.1 Å². The number of epoxide rings is 1. The Labute approximate surface area is 222 Å². The van der Waals surface area contributed by atoms with E-state index in [2.05, 4.69) is 39.0 Å². The van der Waals surface area contributed by atoms with E-state index in [0.29, 0.717) is 30.6 Å². The van der Waals surface area contributed by atoms with Crippen LogP contribution in [-0.4, -0.2) is 58.9 Å². The highest BCUT2D eigenvalue weighted by Crippen LogP contribution is 2.39. The van der Waals surface area contributed by atoms with Crippen molar-refractivity contribution in [3.8, 4) is 0 Å². The lowest BCUT2D eigenvalue weighted by atomic mass is 9.72. The molecule has 0 aromatic carbocycles. The number of esters is 1. The lowest BCUT2D eigenvalue weighted by molar-refractivity contribution is -0.148. The molecule has 8 atom stereocenters. The van der Waals surface area contributed by atoms with Gasteiger partial charge in [-0.2, -0.15) is 0 Å². The highest BCUT2D eigenvalue weighted by Gasteiger charge is 2.46. The molecule has 2 fully saturated rings. The lowest BCUT2D eigenvalue weighted by Gasteiger charge is -2.34. The highest BCUT2D eigenvalue weighted by atomic mass is 16.6. The first kappa shape index (κ1) is 28.3. The Morgan fingerprint density at radius 1 is 1.19 bits per heavy atom. The fraction of sp³-hybridized carbons (Fsp3) is 0.677. The molecule has 2 unspecified atom stereocenters. The van der Waals surface area contributed by atoms with Crippen LogP contribution >= 0.6 is 0 Å². The Balaban J connectivity index is 1.43. The zero-order valence-corrected chi connectivity index (χ0v) is 22.5. The minimum absolute atomic E-state index is 0.0789. The van der Waals surface area contributed by atoms with Crippen molar-refractivity contribution in [3.63, 3.8) is 0 Å². The molecule has 2 bridgehead atoms. The summed E-state index contributed by atoms with van der Waals surface area (Å²) in [6.07, 6.45) is 18.8. The maximum absolute atomic E-state index is 12.7. The zero-order chi connectivity index (χ0) is 26.4. The second kappa shape index (κ2) is 12.9. The Bertz CT molecular complexity index is 873. The predicted molar refractivity (Wildman–Crippen MR) is 144 cm³/mol.